The van der Waals surface area contributed by atoms with Crippen LogP contribution >= 0.6 is 0 Å². The van der Waals surface area contributed by atoms with Crippen molar-refractivity contribution in [2.75, 3.05) is 0 Å². The Morgan fingerprint density at radius 3 is 2.58 bits per heavy atom. The van der Waals surface area contributed by atoms with Gasteiger partial charge in [0.15, 0.2) is 0 Å². The molecule has 1 aliphatic rings. The van der Waals surface area contributed by atoms with Crippen LogP contribution in [0.5, 0.6) is 0 Å². The van der Waals surface area contributed by atoms with Gasteiger partial charge in [0.1, 0.15) is 5.41 Å². The number of carboxylic acids is 2. The molecule has 0 heterocycles. The molecule has 0 bridgehead atoms. The van der Waals surface area contributed by atoms with E-state index in [0.29, 0.717) is 6.42 Å². The first-order valence-electron chi connectivity index (χ1n) is 6.18. The molecule has 6 heteroatoms. The van der Waals surface area contributed by atoms with Gasteiger partial charge >= 0.3 is 35.5 Å². The van der Waals surface area contributed by atoms with Crippen molar-refractivity contribution in [1.82, 2.24) is 0 Å². The molecule has 0 spiro atoms. The molecule has 100 valence electrons. The maximum Gasteiger partial charge on any atom is 1.00 e. The second kappa shape index (κ2) is 8.04. The van der Waals surface area contributed by atoms with Gasteiger partial charge in [-0.2, -0.15) is 0 Å². The maximum absolute atomic E-state index is 11.0. The largest absolute Gasteiger partial charge is 1.00 e. The third kappa shape index (κ3) is 4.91. The van der Waals surface area contributed by atoms with Crippen LogP contribution in [0.1, 0.15) is 26.2 Å². The number of carboxylic acid groups (broad SMARTS) is 2. The van der Waals surface area contributed by atoms with Crippen LogP contribution in [0.4, 0.5) is 0 Å². The Kier molecular flexibility index (Phi) is 7.89. The molecule has 4 nitrogen and oxygen atoms in total. The first-order valence-corrected chi connectivity index (χ1v) is 8.73. The van der Waals surface area contributed by atoms with Crippen LogP contribution in [0.3, 0.4) is 0 Å². The summed E-state index contributed by atoms with van der Waals surface area (Å²) in [5.41, 5.74) is -1.75. The van der Waals surface area contributed by atoms with E-state index < -0.39 is 26.2 Å². The first kappa shape index (κ1) is 18.6. The van der Waals surface area contributed by atoms with Gasteiger partial charge in [0.2, 0.25) is 0 Å². The Hall–Kier alpha value is -0.363. The first-order chi connectivity index (χ1) is 8.38. The van der Waals surface area contributed by atoms with Gasteiger partial charge in [-0.1, -0.05) is 42.4 Å². The Balaban J connectivity index is 0.00000324. The second-order valence-electron chi connectivity index (χ2n) is 5.09. The summed E-state index contributed by atoms with van der Waals surface area (Å²) in [5.74, 6) is -2.80. The molecule has 0 aliphatic heterocycles. The van der Waals surface area contributed by atoms with E-state index in [1.165, 1.54) is 12.1 Å². The van der Waals surface area contributed by atoms with Crippen LogP contribution in [0.15, 0.2) is 23.4 Å². The van der Waals surface area contributed by atoms with E-state index in [2.05, 4.69) is 18.7 Å². The average molecular weight is 290 g/mol. The Morgan fingerprint density at radius 2 is 2.16 bits per heavy atom. The van der Waals surface area contributed by atoms with Crippen molar-refractivity contribution in [3.8, 4) is 0 Å². The van der Waals surface area contributed by atoms with Crippen molar-refractivity contribution in [1.29, 1.82) is 0 Å². The molecule has 1 aliphatic carbocycles. The van der Waals surface area contributed by atoms with E-state index in [-0.39, 0.29) is 36.0 Å². The summed E-state index contributed by atoms with van der Waals surface area (Å²) in [6, 6.07) is 0.934. The number of hydrogen-bond acceptors (Lipinski definition) is 3. The molecule has 1 N–H and O–H groups in total. The fourth-order valence-electron chi connectivity index (χ4n) is 2.07. The van der Waals surface area contributed by atoms with Crippen LogP contribution in [0, 0.1) is 5.41 Å². The van der Waals surface area contributed by atoms with Gasteiger partial charge in [0.25, 0.3) is 0 Å². The number of carbonyl (C=O) groups excluding carboxylic acids is 1. The molecule has 0 saturated heterocycles. The number of hydrogen-bond donors (Lipinski definition) is 1. The van der Waals surface area contributed by atoms with Crippen molar-refractivity contribution in [3.63, 3.8) is 0 Å². The topological polar surface area (TPSA) is 77.4 Å². The summed E-state index contributed by atoms with van der Waals surface area (Å²) < 4.78 is 0. The molecule has 19 heavy (non-hydrogen) atoms. The number of rotatable bonds is 7. The third-order valence-electron chi connectivity index (χ3n) is 3.67. The molecule has 0 aromatic carbocycles. The van der Waals surface area contributed by atoms with E-state index in [9.17, 15) is 14.7 Å². The van der Waals surface area contributed by atoms with E-state index >= 15 is 0 Å². The molecule has 0 amide bonds. The summed E-state index contributed by atoms with van der Waals surface area (Å²) in [4.78, 5) is 21.9. The predicted octanol–water partition coefficient (Wildman–Crippen LogP) is -2.11. The van der Waals surface area contributed by atoms with Crippen LogP contribution < -0.4 is 34.7 Å². The molecule has 0 radical (unpaired) electrons. The van der Waals surface area contributed by atoms with Gasteiger partial charge in [0.05, 0.1) is 14.8 Å². The predicted molar refractivity (Wildman–Crippen MR) is 69.6 cm³/mol. The van der Waals surface area contributed by atoms with E-state index in [4.69, 9.17) is 5.11 Å². The van der Waals surface area contributed by atoms with Crippen LogP contribution in [0.2, 0.25) is 12.6 Å². The van der Waals surface area contributed by atoms with Gasteiger partial charge in [-0.3, -0.25) is 4.79 Å². The average Bonchev–Trinajstić information content (AvgIpc) is 2.81. The third-order valence-corrected chi connectivity index (χ3v) is 6.64. The zero-order valence-corrected chi connectivity index (χ0v) is 15.0. The maximum atomic E-state index is 11.0. The summed E-state index contributed by atoms with van der Waals surface area (Å²) in [7, 11) is -1.01. The van der Waals surface area contributed by atoms with Crippen molar-refractivity contribution in [3.05, 3.63) is 23.4 Å². The minimum absolute atomic E-state index is 0. The Labute approximate surface area is 137 Å². The van der Waals surface area contributed by atoms with Crippen LogP contribution in [0.25, 0.3) is 0 Å². The van der Waals surface area contributed by atoms with Gasteiger partial charge in [-0.25, -0.2) is 0 Å². The zero-order chi connectivity index (χ0) is 13.8. The zero-order valence-electron chi connectivity index (χ0n) is 11.8. The summed E-state index contributed by atoms with van der Waals surface area (Å²) in [6.07, 6.45) is 8.06. The van der Waals surface area contributed by atoms with Gasteiger partial charge in [0, 0.05) is 0 Å². The molecule has 2 unspecified atom stereocenters. The Bertz CT molecular complexity index is 389. The normalized spacial score (nSPS) is 18.1. The summed E-state index contributed by atoms with van der Waals surface area (Å²) in [6.45, 7) is 3.45. The van der Waals surface area contributed by atoms with Crippen molar-refractivity contribution in [2.24, 2.45) is 5.41 Å². The van der Waals surface area contributed by atoms with Crippen LogP contribution in [-0.4, -0.2) is 25.8 Å². The standard InChI is InChI=1S/C13H20O4Si.Na/c1-13(11(14)15,12(16)17)8-5-9-18(2)10-6-3-4-7-10;/h3-4,6,18H,5,7-9H2,1-2H3,(H,14,15)(H,16,17);/q;+1/p-1. The minimum atomic E-state index is -1.75. The van der Waals surface area contributed by atoms with E-state index in [1.54, 1.807) is 0 Å². The molecule has 0 aromatic rings. The van der Waals surface area contributed by atoms with Gasteiger partial charge < -0.3 is 15.0 Å². The van der Waals surface area contributed by atoms with Crippen molar-refractivity contribution < 1.29 is 49.4 Å². The fraction of sp³-hybridized carbons (Fsp3) is 0.538. The van der Waals surface area contributed by atoms with Crippen molar-refractivity contribution >= 4 is 20.7 Å². The quantitative estimate of drug-likeness (QED) is 0.430. The van der Waals surface area contributed by atoms with Crippen molar-refractivity contribution in [2.45, 2.75) is 38.8 Å². The SMILES string of the molecule is C[SiH](CCCC(C)(C(=O)[O-])C(=O)O)C1=CC=CC1.[Na+]. The monoisotopic (exact) mass is 290 g/mol. The molecule has 2 atom stereocenters. The second-order valence-corrected chi connectivity index (χ2v) is 8.21. The van der Waals surface area contributed by atoms with Gasteiger partial charge in [-0.15, -0.1) is 0 Å². The molecule has 0 saturated carbocycles. The Morgan fingerprint density at radius 1 is 1.53 bits per heavy atom. The molecule has 0 fully saturated rings. The minimum Gasteiger partial charge on any atom is -0.549 e. The van der Waals surface area contributed by atoms with E-state index in [0.717, 1.165) is 12.5 Å². The smallest absolute Gasteiger partial charge is 0.549 e. The molecular formula is C13H19NaO4Si. The molecular weight excluding hydrogens is 271 g/mol. The van der Waals surface area contributed by atoms with E-state index in [1.807, 2.05) is 6.08 Å². The molecule has 1 rings (SSSR count). The summed E-state index contributed by atoms with van der Waals surface area (Å²) in [5, 5.41) is 21.3. The van der Waals surface area contributed by atoms with Gasteiger partial charge in [-0.05, 0) is 19.8 Å². The number of aliphatic carboxylic acids is 2. The summed E-state index contributed by atoms with van der Waals surface area (Å²) >= 11 is 0. The number of carbonyl (C=O) groups is 2. The number of allylic oxidation sites excluding steroid dienone is 4. The fourth-order valence-corrected chi connectivity index (χ4v) is 4.24. The molecule has 0 aromatic heterocycles. The van der Waals surface area contributed by atoms with Crippen LogP contribution in [-0.2, 0) is 9.59 Å².